The van der Waals surface area contributed by atoms with Gasteiger partial charge in [-0.15, -0.1) is 11.8 Å². The molecule has 1 N–H and O–H groups in total. The van der Waals surface area contributed by atoms with Gasteiger partial charge in [0.2, 0.25) is 0 Å². The number of alkyl halides is 4. The Labute approximate surface area is 219 Å². The van der Waals surface area contributed by atoms with Gasteiger partial charge in [0.05, 0.1) is 18.2 Å². The van der Waals surface area contributed by atoms with Crippen molar-refractivity contribution >= 4 is 22.7 Å². The van der Waals surface area contributed by atoms with Gasteiger partial charge < -0.3 is 14.7 Å². The monoisotopic (exact) mass is 536 g/mol. The fourth-order valence-electron chi connectivity index (χ4n) is 5.12. The van der Waals surface area contributed by atoms with E-state index >= 15 is 4.39 Å². The zero-order valence-electron chi connectivity index (χ0n) is 20.8. The predicted octanol–water partition coefficient (Wildman–Crippen LogP) is 6.78. The molecule has 3 aromatic rings. The van der Waals surface area contributed by atoms with Gasteiger partial charge in [-0.25, -0.2) is 4.39 Å². The molecule has 1 aromatic heterocycles. The predicted molar refractivity (Wildman–Crippen MR) is 139 cm³/mol. The molecule has 200 valence electrons. The lowest BCUT2D eigenvalue weighted by atomic mass is 9.81. The summed E-state index contributed by atoms with van der Waals surface area (Å²) in [6, 6.07) is 12.8. The van der Waals surface area contributed by atoms with Gasteiger partial charge >= 0.3 is 6.18 Å². The van der Waals surface area contributed by atoms with Crippen LogP contribution in [0.1, 0.15) is 36.6 Å². The number of nitrogens with zero attached hydrogens (tertiary/aromatic N) is 2. The number of hydrogen-bond donors (Lipinski definition) is 1. The van der Waals surface area contributed by atoms with Crippen molar-refractivity contribution in [3.63, 3.8) is 0 Å². The average molecular weight is 537 g/mol. The average Bonchev–Trinajstić information content (AvgIpc) is 2.91. The number of methoxy groups -OCH3 is 1. The number of likely N-dealkylation sites (tertiary alicyclic amines) is 1. The van der Waals surface area contributed by atoms with Gasteiger partial charge in [-0.05, 0) is 79.6 Å². The molecule has 4 nitrogen and oxygen atoms in total. The molecule has 1 fully saturated rings. The molecular formula is C28H32F4N2O2S. The van der Waals surface area contributed by atoms with Crippen molar-refractivity contribution in [1.82, 2.24) is 9.88 Å². The lowest BCUT2D eigenvalue weighted by Gasteiger charge is -2.38. The number of hydrogen-bond acceptors (Lipinski definition) is 5. The van der Waals surface area contributed by atoms with E-state index in [2.05, 4.69) is 9.88 Å². The molecule has 3 atom stereocenters. The summed E-state index contributed by atoms with van der Waals surface area (Å²) in [6.07, 6.45) is -2.07. The number of benzene rings is 2. The zero-order valence-corrected chi connectivity index (χ0v) is 21.6. The molecule has 0 radical (unpaired) electrons. The van der Waals surface area contributed by atoms with E-state index in [9.17, 15) is 18.3 Å². The molecular weight excluding hydrogens is 504 g/mol. The van der Waals surface area contributed by atoms with Crippen molar-refractivity contribution in [1.29, 1.82) is 0 Å². The van der Waals surface area contributed by atoms with Gasteiger partial charge in [0.1, 0.15) is 11.9 Å². The van der Waals surface area contributed by atoms with Gasteiger partial charge in [-0.3, -0.25) is 4.98 Å². The van der Waals surface area contributed by atoms with Crippen molar-refractivity contribution in [3.8, 4) is 5.75 Å². The third kappa shape index (κ3) is 6.94. The minimum Gasteiger partial charge on any atom is -0.497 e. The molecule has 1 saturated heterocycles. The molecule has 9 heteroatoms. The molecule has 0 aliphatic carbocycles. The van der Waals surface area contributed by atoms with Crippen LogP contribution in [-0.4, -0.2) is 54.1 Å². The lowest BCUT2D eigenvalue weighted by Crippen LogP contribution is -2.43. The molecule has 2 aromatic carbocycles. The molecule has 0 bridgehead atoms. The second-order valence-electron chi connectivity index (χ2n) is 9.46. The summed E-state index contributed by atoms with van der Waals surface area (Å²) in [5.41, 5.74) is 0.712. The van der Waals surface area contributed by atoms with Crippen molar-refractivity contribution < 1.29 is 27.4 Å². The first-order valence-corrected chi connectivity index (χ1v) is 13.5. The minimum absolute atomic E-state index is 0.0115. The standard InChI is InChI=1S/C28H32F4N2O2S/c1-36-21-7-9-26-23(16-21)22(10-12-33-26)25(29)8-6-19-11-13-34(17-20(19)18-35)14-15-37-27-5-3-2-4-24(27)28(30,31)32/h2-5,7,9-10,12,16,19-20,25,35H,6,8,11,13-15,17-18H2,1H3/t19-,20-,25?/m1/s1. The maximum atomic E-state index is 15.4. The van der Waals surface area contributed by atoms with Crippen molar-refractivity contribution in [2.75, 3.05) is 39.1 Å². The second kappa shape index (κ2) is 12.5. The summed E-state index contributed by atoms with van der Waals surface area (Å²) in [7, 11) is 1.58. The SMILES string of the molecule is COc1ccc2nccc(C(F)CC[C@@H]3CCN(CCSc4ccccc4C(F)(F)F)C[C@@H]3CO)c2c1. The van der Waals surface area contributed by atoms with E-state index in [-0.39, 0.29) is 23.3 Å². The third-order valence-electron chi connectivity index (χ3n) is 7.18. The largest absolute Gasteiger partial charge is 0.497 e. The number of ether oxygens (including phenoxy) is 1. The molecule has 1 unspecified atom stereocenters. The number of aromatic nitrogens is 1. The topological polar surface area (TPSA) is 45.6 Å². The van der Waals surface area contributed by atoms with Gasteiger partial charge in [-0.2, -0.15) is 13.2 Å². The van der Waals surface area contributed by atoms with Gasteiger partial charge in [0, 0.05) is 41.9 Å². The van der Waals surface area contributed by atoms with E-state index in [1.807, 2.05) is 12.1 Å². The van der Waals surface area contributed by atoms with Crippen molar-refractivity contribution in [2.45, 2.75) is 36.5 Å². The Morgan fingerprint density at radius 2 is 1.97 bits per heavy atom. The van der Waals surface area contributed by atoms with Crippen LogP contribution < -0.4 is 4.74 Å². The first-order chi connectivity index (χ1) is 17.8. The van der Waals surface area contributed by atoms with Crippen LogP contribution in [0.3, 0.4) is 0 Å². The maximum Gasteiger partial charge on any atom is 0.417 e. The number of piperidine rings is 1. The van der Waals surface area contributed by atoms with E-state index in [4.69, 9.17) is 4.74 Å². The van der Waals surface area contributed by atoms with Gasteiger partial charge in [0.15, 0.2) is 0 Å². The van der Waals surface area contributed by atoms with Crippen molar-refractivity contribution in [3.05, 3.63) is 65.9 Å². The number of rotatable bonds is 10. The fourth-order valence-corrected chi connectivity index (χ4v) is 6.20. The zero-order chi connectivity index (χ0) is 26.4. The maximum absolute atomic E-state index is 15.4. The van der Waals surface area contributed by atoms with Crippen LogP contribution in [0.2, 0.25) is 0 Å². The second-order valence-corrected chi connectivity index (χ2v) is 10.6. The smallest absolute Gasteiger partial charge is 0.417 e. The van der Waals surface area contributed by atoms with Crippen LogP contribution in [0, 0.1) is 11.8 Å². The number of halogens is 4. The van der Waals surface area contributed by atoms with Crippen molar-refractivity contribution in [2.24, 2.45) is 11.8 Å². The Morgan fingerprint density at radius 1 is 1.16 bits per heavy atom. The van der Waals surface area contributed by atoms with Crippen LogP contribution in [0.25, 0.3) is 10.9 Å². The molecule has 0 amide bonds. The highest BCUT2D eigenvalue weighted by molar-refractivity contribution is 7.99. The summed E-state index contributed by atoms with van der Waals surface area (Å²) in [4.78, 5) is 6.75. The molecule has 2 heterocycles. The Hall–Kier alpha value is -2.36. The summed E-state index contributed by atoms with van der Waals surface area (Å²) in [5.74, 6) is 1.39. The lowest BCUT2D eigenvalue weighted by molar-refractivity contribution is -0.139. The molecule has 0 saturated carbocycles. The Balaban J connectivity index is 1.30. The molecule has 1 aliphatic heterocycles. The number of aliphatic hydroxyl groups excluding tert-OH is 1. The molecule has 37 heavy (non-hydrogen) atoms. The first kappa shape index (κ1) is 27.7. The minimum atomic E-state index is -4.37. The van der Waals surface area contributed by atoms with Crippen LogP contribution in [-0.2, 0) is 6.18 Å². The first-order valence-electron chi connectivity index (χ1n) is 12.5. The molecule has 4 rings (SSSR count). The van der Waals surface area contributed by atoms with Crippen LogP contribution >= 0.6 is 11.8 Å². The van der Waals surface area contributed by atoms with E-state index < -0.39 is 17.9 Å². The summed E-state index contributed by atoms with van der Waals surface area (Å²) < 4.78 is 60.4. The number of fused-ring (bicyclic) bond motifs is 1. The highest BCUT2D eigenvalue weighted by atomic mass is 32.2. The Bertz CT molecular complexity index is 1180. The fraction of sp³-hybridized carbons (Fsp3) is 0.464. The summed E-state index contributed by atoms with van der Waals surface area (Å²) >= 11 is 1.20. The van der Waals surface area contributed by atoms with Crippen LogP contribution in [0.4, 0.5) is 17.6 Å². The van der Waals surface area contributed by atoms with Gasteiger partial charge in [-0.1, -0.05) is 12.1 Å². The molecule has 0 spiro atoms. The Kier molecular flexibility index (Phi) is 9.31. The van der Waals surface area contributed by atoms with Crippen LogP contribution in [0.15, 0.2) is 59.6 Å². The van der Waals surface area contributed by atoms with Gasteiger partial charge in [0.25, 0.3) is 0 Å². The summed E-state index contributed by atoms with van der Waals surface area (Å²) in [5, 5.41) is 10.8. The Morgan fingerprint density at radius 3 is 2.73 bits per heavy atom. The van der Waals surface area contributed by atoms with Crippen LogP contribution in [0.5, 0.6) is 5.75 Å². The van der Waals surface area contributed by atoms with E-state index in [0.29, 0.717) is 43.0 Å². The third-order valence-corrected chi connectivity index (χ3v) is 8.23. The number of thioether (sulfide) groups is 1. The normalized spacial score (nSPS) is 19.7. The summed E-state index contributed by atoms with van der Waals surface area (Å²) in [6.45, 7) is 2.10. The highest BCUT2D eigenvalue weighted by Gasteiger charge is 2.33. The van der Waals surface area contributed by atoms with E-state index in [1.165, 1.54) is 23.9 Å². The molecule has 1 aliphatic rings. The number of aliphatic hydroxyl groups is 1. The highest BCUT2D eigenvalue weighted by Crippen LogP contribution is 2.37. The van der Waals surface area contributed by atoms with E-state index in [0.717, 1.165) is 29.9 Å². The number of pyridine rings is 1. The van der Waals surface area contributed by atoms with E-state index in [1.54, 1.807) is 31.5 Å². The quantitative estimate of drug-likeness (QED) is 0.229.